The molecule has 0 bridgehead atoms. The average molecular weight is 312 g/mol. The molecule has 1 rings (SSSR count). The van der Waals surface area contributed by atoms with Gasteiger partial charge in [0, 0.05) is 19.6 Å². The summed E-state index contributed by atoms with van der Waals surface area (Å²) in [5.74, 6) is 0.476. The van der Waals surface area contributed by atoms with Gasteiger partial charge in [-0.2, -0.15) is 0 Å². The minimum Gasteiger partial charge on any atom is -0.326 e. The van der Waals surface area contributed by atoms with Gasteiger partial charge in [-0.3, -0.25) is 0 Å². The predicted octanol–water partition coefficient (Wildman–Crippen LogP) is 2.73. The first-order valence-electron chi connectivity index (χ1n) is 7.72. The van der Waals surface area contributed by atoms with Crippen LogP contribution < -0.4 is 5.73 Å². The molecule has 1 aromatic rings. The van der Waals surface area contributed by atoms with E-state index < -0.39 is 10.0 Å². The van der Waals surface area contributed by atoms with Crippen LogP contribution in [0.1, 0.15) is 44.7 Å². The van der Waals surface area contributed by atoms with Crippen molar-refractivity contribution < 1.29 is 8.42 Å². The third-order valence-electron chi connectivity index (χ3n) is 3.94. The number of hydrogen-bond acceptors (Lipinski definition) is 3. The summed E-state index contributed by atoms with van der Waals surface area (Å²) in [6, 6.07) is 7.51. The quantitative estimate of drug-likeness (QED) is 0.762. The van der Waals surface area contributed by atoms with Crippen molar-refractivity contribution in [3.05, 3.63) is 35.4 Å². The van der Waals surface area contributed by atoms with Crippen LogP contribution in [-0.2, 0) is 22.3 Å². The highest BCUT2D eigenvalue weighted by Crippen LogP contribution is 2.17. The SMILES string of the molecule is CCC(CC)CN(CC)S(=O)(=O)Cc1cccc(CN)c1. The molecule has 0 fully saturated rings. The second-order valence-corrected chi connectivity index (χ2v) is 7.38. The van der Waals surface area contributed by atoms with Gasteiger partial charge < -0.3 is 5.73 Å². The maximum Gasteiger partial charge on any atom is 0.218 e. The molecule has 0 atom stereocenters. The number of benzene rings is 1. The lowest BCUT2D eigenvalue weighted by atomic mass is 10.0. The van der Waals surface area contributed by atoms with Crippen molar-refractivity contribution in [2.45, 2.75) is 45.9 Å². The van der Waals surface area contributed by atoms with E-state index in [4.69, 9.17) is 5.73 Å². The van der Waals surface area contributed by atoms with Crippen LogP contribution in [0.15, 0.2) is 24.3 Å². The molecule has 0 amide bonds. The van der Waals surface area contributed by atoms with Crippen molar-refractivity contribution in [2.75, 3.05) is 13.1 Å². The fraction of sp³-hybridized carbons (Fsp3) is 0.625. The van der Waals surface area contributed by atoms with Gasteiger partial charge in [-0.1, -0.05) is 57.9 Å². The summed E-state index contributed by atoms with van der Waals surface area (Å²) in [4.78, 5) is 0. The Morgan fingerprint density at radius 3 is 2.29 bits per heavy atom. The Morgan fingerprint density at radius 1 is 1.14 bits per heavy atom. The summed E-state index contributed by atoms with van der Waals surface area (Å²) >= 11 is 0. The first-order valence-corrected chi connectivity index (χ1v) is 9.33. The number of sulfonamides is 1. The molecule has 4 nitrogen and oxygen atoms in total. The Kier molecular flexibility index (Phi) is 7.35. The van der Waals surface area contributed by atoms with E-state index in [1.807, 2.05) is 31.2 Å². The summed E-state index contributed by atoms with van der Waals surface area (Å²) < 4.78 is 26.8. The predicted molar refractivity (Wildman–Crippen MR) is 88.3 cm³/mol. The number of hydrogen-bond donors (Lipinski definition) is 1. The lowest BCUT2D eigenvalue weighted by Gasteiger charge is -2.25. The first-order chi connectivity index (χ1) is 9.96. The third kappa shape index (κ3) is 5.41. The molecule has 0 aromatic heterocycles. The van der Waals surface area contributed by atoms with Crippen LogP contribution in [0.25, 0.3) is 0 Å². The molecule has 0 spiro atoms. The van der Waals surface area contributed by atoms with Crippen molar-refractivity contribution in [1.82, 2.24) is 4.31 Å². The maximum absolute atomic E-state index is 12.6. The number of nitrogens with zero attached hydrogens (tertiary/aromatic N) is 1. The first kappa shape index (κ1) is 18.1. The fourth-order valence-electron chi connectivity index (χ4n) is 2.42. The van der Waals surface area contributed by atoms with Crippen LogP contribution in [0.4, 0.5) is 0 Å². The molecule has 0 unspecified atom stereocenters. The standard InChI is InChI=1S/C16H28N2O2S/c1-4-14(5-2)12-18(6-3)21(19,20)13-16-9-7-8-15(10-16)11-17/h7-10,14H,4-6,11-13,17H2,1-3H3. The van der Waals surface area contributed by atoms with E-state index in [1.165, 1.54) is 0 Å². The molecule has 0 radical (unpaired) electrons. The summed E-state index contributed by atoms with van der Waals surface area (Å²) in [6.07, 6.45) is 2.01. The van der Waals surface area contributed by atoms with Crippen molar-refractivity contribution in [3.8, 4) is 0 Å². The van der Waals surface area contributed by atoms with Gasteiger partial charge >= 0.3 is 0 Å². The Hall–Kier alpha value is -0.910. The van der Waals surface area contributed by atoms with Crippen LogP contribution in [0, 0.1) is 5.92 Å². The van der Waals surface area contributed by atoms with Gasteiger partial charge in [-0.25, -0.2) is 12.7 Å². The topological polar surface area (TPSA) is 63.4 Å². The van der Waals surface area contributed by atoms with Gasteiger partial charge in [0.05, 0.1) is 5.75 Å². The zero-order chi connectivity index (χ0) is 15.9. The van der Waals surface area contributed by atoms with Gasteiger partial charge in [0.25, 0.3) is 0 Å². The number of rotatable bonds is 9. The van der Waals surface area contributed by atoms with E-state index in [2.05, 4.69) is 13.8 Å². The zero-order valence-corrected chi connectivity index (χ0v) is 14.2. The maximum atomic E-state index is 12.6. The largest absolute Gasteiger partial charge is 0.326 e. The van der Waals surface area contributed by atoms with Crippen molar-refractivity contribution in [3.63, 3.8) is 0 Å². The van der Waals surface area contributed by atoms with Crippen molar-refractivity contribution in [1.29, 1.82) is 0 Å². The van der Waals surface area contributed by atoms with Crippen LogP contribution in [0.5, 0.6) is 0 Å². The van der Waals surface area contributed by atoms with Gasteiger partial charge in [-0.05, 0) is 17.0 Å². The van der Waals surface area contributed by atoms with Crippen LogP contribution in [0.2, 0.25) is 0 Å². The highest BCUT2D eigenvalue weighted by Gasteiger charge is 2.23. The highest BCUT2D eigenvalue weighted by atomic mass is 32.2. The molecule has 21 heavy (non-hydrogen) atoms. The molecular formula is C16H28N2O2S. The molecule has 0 saturated carbocycles. The molecule has 0 aliphatic heterocycles. The van der Waals surface area contributed by atoms with E-state index in [0.717, 1.165) is 24.0 Å². The minimum absolute atomic E-state index is 0.0504. The second kappa shape index (κ2) is 8.51. The molecule has 0 aliphatic carbocycles. The average Bonchev–Trinajstić information content (AvgIpc) is 2.48. The van der Waals surface area contributed by atoms with Crippen LogP contribution >= 0.6 is 0 Å². The summed E-state index contributed by atoms with van der Waals surface area (Å²) in [5, 5.41) is 0. The van der Waals surface area contributed by atoms with E-state index in [1.54, 1.807) is 4.31 Å². The van der Waals surface area contributed by atoms with Crippen molar-refractivity contribution >= 4 is 10.0 Å². The van der Waals surface area contributed by atoms with Gasteiger partial charge in [-0.15, -0.1) is 0 Å². The zero-order valence-electron chi connectivity index (χ0n) is 13.4. The minimum atomic E-state index is -3.27. The van der Waals surface area contributed by atoms with E-state index in [-0.39, 0.29) is 5.75 Å². The lowest BCUT2D eigenvalue weighted by molar-refractivity contribution is 0.339. The summed E-state index contributed by atoms with van der Waals surface area (Å²) in [5.41, 5.74) is 7.38. The summed E-state index contributed by atoms with van der Waals surface area (Å²) in [7, 11) is -3.27. The lowest BCUT2D eigenvalue weighted by Crippen LogP contribution is -2.36. The van der Waals surface area contributed by atoms with E-state index in [0.29, 0.717) is 25.6 Å². The molecule has 0 saturated heterocycles. The van der Waals surface area contributed by atoms with Crippen LogP contribution in [-0.4, -0.2) is 25.8 Å². The molecule has 2 N–H and O–H groups in total. The van der Waals surface area contributed by atoms with Crippen LogP contribution in [0.3, 0.4) is 0 Å². The molecule has 0 aliphatic rings. The number of nitrogens with two attached hydrogens (primary N) is 1. The second-order valence-electron chi connectivity index (χ2n) is 5.41. The highest BCUT2D eigenvalue weighted by molar-refractivity contribution is 7.88. The van der Waals surface area contributed by atoms with Gasteiger partial charge in [0.15, 0.2) is 0 Å². The third-order valence-corrected chi connectivity index (χ3v) is 5.83. The Labute approximate surface area is 129 Å². The molecule has 120 valence electrons. The van der Waals surface area contributed by atoms with Gasteiger partial charge in [0.1, 0.15) is 0 Å². The Bertz CT molecular complexity index is 525. The molecular weight excluding hydrogens is 284 g/mol. The summed E-state index contributed by atoms with van der Waals surface area (Å²) in [6.45, 7) is 7.69. The Morgan fingerprint density at radius 2 is 1.76 bits per heavy atom. The fourth-order valence-corrected chi connectivity index (χ4v) is 4.04. The normalized spacial score (nSPS) is 12.3. The van der Waals surface area contributed by atoms with E-state index >= 15 is 0 Å². The Balaban J connectivity index is 2.86. The monoisotopic (exact) mass is 312 g/mol. The van der Waals surface area contributed by atoms with Gasteiger partial charge in [0.2, 0.25) is 10.0 Å². The molecule has 5 heteroatoms. The smallest absolute Gasteiger partial charge is 0.218 e. The molecule has 0 heterocycles. The molecule has 1 aromatic carbocycles. The van der Waals surface area contributed by atoms with E-state index in [9.17, 15) is 8.42 Å². The van der Waals surface area contributed by atoms with Crippen molar-refractivity contribution in [2.24, 2.45) is 11.7 Å².